The van der Waals surface area contributed by atoms with Crippen LogP contribution in [0.5, 0.6) is 0 Å². The molecule has 2 rings (SSSR count). The third-order valence-corrected chi connectivity index (χ3v) is 2.94. The van der Waals surface area contributed by atoms with Gasteiger partial charge < -0.3 is 5.73 Å². The van der Waals surface area contributed by atoms with Gasteiger partial charge in [0.1, 0.15) is 0 Å². The lowest BCUT2D eigenvalue weighted by atomic mass is 10.1. The minimum Gasteiger partial charge on any atom is -0.326 e. The number of rotatable bonds is 2. The predicted molar refractivity (Wildman–Crippen MR) is 70.9 cm³/mol. The summed E-state index contributed by atoms with van der Waals surface area (Å²) in [6, 6.07) is 5.86. The van der Waals surface area contributed by atoms with E-state index in [1.165, 1.54) is 6.33 Å². The molecule has 2 aromatic rings. The first-order valence-electron chi connectivity index (χ1n) is 4.30. The Morgan fingerprint density at radius 1 is 1.19 bits per heavy atom. The first kappa shape index (κ1) is 13.2. The summed E-state index contributed by atoms with van der Waals surface area (Å²) in [6.45, 7) is 0.532. The summed E-state index contributed by atoms with van der Waals surface area (Å²) in [5.74, 6) is 0.527. The Balaban J connectivity index is 0.00000128. The molecule has 0 aliphatic rings. The van der Waals surface area contributed by atoms with Crippen molar-refractivity contribution >= 4 is 35.0 Å². The molecule has 0 aliphatic carbocycles. The first-order chi connectivity index (χ1) is 7.31. The van der Waals surface area contributed by atoms with Crippen LogP contribution in [0.3, 0.4) is 0 Å². The average molecular weight is 350 g/mol. The summed E-state index contributed by atoms with van der Waals surface area (Å²) >= 11 is 2.24. The Bertz CT molecular complexity index is 465. The van der Waals surface area contributed by atoms with E-state index in [1.807, 2.05) is 18.2 Å². The number of hydrogen-bond acceptors (Lipinski definition) is 5. The molecular formula is C9H9ClIN5. The number of halogens is 2. The Hall–Kier alpha value is -0.860. The molecule has 0 saturated heterocycles. The van der Waals surface area contributed by atoms with Crippen molar-refractivity contribution in [2.24, 2.45) is 5.73 Å². The van der Waals surface area contributed by atoms with Gasteiger partial charge in [0.15, 0.2) is 6.33 Å². The third kappa shape index (κ3) is 2.83. The van der Waals surface area contributed by atoms with Gasteiger partial charge in [-0.15, -0.1) is 32.8 Å². The zero-order valence-corrected chi connectivity index (χ0v) is 11.1. The van der Waals surface area contributed by atoms with Gasteiger partial charge >= 0.3 is 0 Å². The van der Waals surface area contributed by atoms with Gasteiger partial charge in [-0.25, -0.2) is 0 Å². The molecule has 16 heavy (non-hydrogen) atoms. The number of nitrogens with two attached hydrogens (primary N) is 1. The van der Waals surface area contributed by atoms with Crippen molar-refractivity contribution in [2.75, 3.05) is 0 Å². The number of nitrogens with zero attached hydrogens (tertiary/aromatic N) is 4. The highest BCUT2D eigenvalue weighted by Gasteiger charge is 2.04. The molecule has 0 saturated carbocycles. The Morgan fingerprint density at radius 2 is 1.88 bits per heavy atom. The molecule has 0 unspecified atom stereocenters. The molecule has 0 fully saturated rings. The van der Waals surface area contributed by atoms with Crippen LogP contribution in [-0.4, -0.2) is 20.4 Å². The fourth-order valence-electron chi connectivity index (χ4n) is 1.17. The summed E-state index contributed by atoms with van der Waals surface area (Å²) < 4.78 is 1.10. The van der Waals surface area contributed by atoms with Gasteiger partial charge in [-0.3, -0.25) is 0 Å². The Labute approximate surface area is 112 Å². The van der Waals surface area contributed by atoms with Crippen molar-refractivity contribution in [1.29, 1.82) is 0 Å². The summed E-state index contributed by atoms with van der Waals surface area (Å²) in [5, 5.41) is 15.1. The molecule has 1 aromatic heterocycles. The SMILES string of the molecule is Cl.NCc1ccc(-c2nncnn2)cc1I. The molecule has 7 heteroatoms. The molecule has 0 amide bonds. The van der Waals surface area contributed by atoms with E-state index in [0.29, 0.717) is 12.4 Å². The molecule has 0 bridgehead atoms. The van der Waals surface area contributed by atoms with Crippen LogP contribution in [0.2, 0.25) is 0 Å². The normalized spacial score (nSPS) is 9.62. The van der Waals surface area contributed by atoms with E-state index in [0.717, 1.165) is 14.7 Å². The third-order valence-electron chi connectivity index (χ3n) is 1.94. The monoisotopic (exact) mass is 349 g/mol. The second-order valence-electron chi connectivity index (χ2n) is 2.88. The van der Waals surface area contributed by atoms with E-state index in [9.17, 15) is 0 Å². The zero-order valence-electron chi connectivity index (χ0n) is 8.17. The van der Waals surface area contributed by atoms with Crippen LogP contribution in [0.15, 0.2) is 24.5 Å². The van der Waals surface area contributed by atoms with E-state index in [-0.39, 0.29) is 12.4 Å². The number of aromatic nitrogens is 4. The van der Waals surface area contributed by atoms with E-state index in [4.69, 9.17) is 5.73 Å². The summed E-state index contributed by atoms with van der Waals surface area (Å²) in [6.07, 6.45) is 1.31. The molecule has 1 aromatic carbocycles. The zero-order chi connectivity index (χ0) is 10.7. The molecule has 0 spiro atoms. The van der Waals surface area contributed by atoms with Crippen LogP contribution >= 0.6 is 35.0 Å². The van der Waals surface area contributed by atoms with Gasteiger partial charge in [0.25, 0.3) is 0 Å². The standard InChI is InChI=1S/C9H8IN5.ClH/c10-8-3-6(1-2-7(8)4-11)9-14-12-5-13-15-9;/h1-3,5H,4,11H2;1H. The Kier molecular flexibility index (Phi) is 4.97. The van der Waals surface area contributed by atoms with Crippen molar-refractivity contribution < 1.29 is 0 Å². The molecule has 1 heterocycles. The van der Waals surface area contributed by atoms with Gasteiger partial charge in [-0.2, -0.15) is 0 Å². The fourth-order valence-corrected chi connectivity index (χ4v) is 1.91. The van der Waals surface area contributed by atoms with E-state index in [2.05, 4.69) is 43.0 Å². The second-order valence-corrected chi connectivity index (χ2v) is 4.04. The van der Waals surface area contributed by atoms with Crippen LogP contribution in [0, 0.1) is 3.57 Å². The van der Waals surface area contributed by atoms with Gasteiger partial charge in [0.2, 0.25) is 5.82 Å². The highest BCUT2D eigenvalue weighted by atomic mass is 127. The highest BCUT2D eigenvalue weighted by Crippen LogP contribution is 2.19. The minimum atomic E-state index is 0. The Morgan fingerprint density at radius 3 is 2.44 bits per heavy atom. The quantitative estimate of drug-likeness (QED) is 0.830. The minimum absolute atomic E-state index is 0. The molecule has 2 N–H and O–H groups in total. The smallest absolute Gasteiger partial charge is 0.203 e. The second kappa shape index (κ2) is 6.02. The molecule has 84 valence electrons. The number of benzene rings is 1. The van der Waals surface area contributed by atoms with Crippen LogP contribution in [-0.2, 0) is 6.54 Å². The lowest BCUT2D eigenvalue weighted by Crippen LogP contribution is -2.00. The van der Waals surface area contributed by atoms with Crippen LogP contribution < -0.4 is 5.73 Å². The summed E-state index contributed by atoms with van der Waals surface area (Å²) in [7, 11) is 0. The summed E-state index contributed by atoms with van der Waals surface area (Å²) in [5.41, 5.74) is 7.59. The van der Waals surface area contributed by atoms with Crippen molar-refractivity contribution in [3.8, 4) is 11.4 Å². The molecule has 0 atom stereocenters. The average Bonchev–Trinajstić information content (AvgIpc) is 2.30. The van der Waals surface area contributed by atoms with E-state index >= 15 is 0 Å². The molecule has 5 nitrogen and oxygen atoms in total. The van der Waals surface area contributed by atoms with Gasteiger partial charge in [-0.05, 0) is 34.2 Å². The van der Waals surface area contributed by atoms with Crippen molar-refractivity contribution in [3.05, 3.63) is 33.7 Å². The van der Waals surface area contributed by atoms with E-state index in [1.54, 1.807) is 0 Å². The van der Waals surface area contributed by atoms with Crippen molar-refractivity contribution in [3.63, 3.8) is 0 Å². The van der Waals surface area contributed by atoms with Crippen molar-refractivity contribution in [2.45, 2.75) is 6.54 Å². The van der Waals surface area contributed by atoms with Crippen molar-refractivity contribution in [1.82, 2.24) is 20.4 Å². The topological polar surface area (TPSA) is 77.6 Å². The van der Waals surface area contributed by atoms with Gasteiger partial charge in [-0.1, -0.05) is 12.1 Å². The largest absolute Gasteiger partial charge is 0.326 e. The lowest BCUT2D eigenvalue weighted by Gasteiger charge is -2.03. The molecular weight excluding hydrogens is 340 g/mol. The summed E-state index contributed by atoms with van der Waals surface area (Å²) in [4.78, 5) is 0. The molecule has 0 aliphatic heterocycles. The molecule has 0 radical (unpaired) electrons. The lowest BCUT2D eigenvalue weighted by molar-refractivity contribution is 0.864. The van der Waals surface area contributed by atoms with Gasteiger partial charge in [0.05, 0.1) is 0 Å². The maximum absolute atomic E-state index is 5.58. The van der Waals surface area contributed by atoms with Crippen LogP contribution in [0.4, 0.5) is 0 Å². The maximum Gasteiger partial charge on any atom is 0.203 e. The first-order valence-corrected chi connectivity index (χ1v) is 5.38. The van der Waals surface area contributed by atoms with Gasteiger partial charge in [0, 0.05) is 15.7 Å². The van der Waals surface area contributed by atoms with Crippen LogP contribution in [0.25, 0.3) is 11.4 Å². The maximum atomic E-state index is 5.58. The predicted octanol–water partition coefficient (Wildman–Crippen LogP) is 1.42. The number of hydrogen-bond donors (Lipinski definition) is 1. The van der Waals surface area contributed by atoms with Crippen LogP contribution in [0.1, 0.15) is 5.56 Å². The fraction of sp³-hybridized carbons (Fsp3) is 0.111. The highest BCUT2D eigenvalue weighted by molar-refractivity contribution is 14.1. The van der Waals surface area contributed by atoms with E-state index < -0.39 is 0 Å².